The average molecular weight is 375 g/mol. The fourth-order valence-corrected chi connectivity index (χ4v) is 3.41. The first-order chi connectivity index (χ1) is 9.01. The van der Waals surface area contributed by atoms with Gasteiger partial charge in [-0.25, -0.2) is 8.42 Å². The molecule has 114 valence electrons. The Bertz CT molecular complexity index is 590. The Balaban J connectivity index is 3.47. The van der Waals surface area contributed by atoms with Crippen LogP contribution in [0.1, 0.15) is 12.5 Å². The zero-order valence-corrected chi connectivity index (χ0v) is 13.2. The standard InChI is InChI=1S/C11H14BrF3N2O2S/c1-7(6-16)17(2)20(18,19)10-4-3-8(12)5-9(10)11(13,14)15/h3-5,7H,6,16H2,1-2H3. The van der Waals surface area contributed by atoms with Crippen molar-refractivity contribution in [1.29, 1.82) is 0 Å². The van der Waals surface area contributed by atoms with E-state index in [1.807, 2.05) is 0 Å². The van der Waals surface area contributed by atoms with Gasteiger partial charge in [0, 0.05) is 24.1 Å². The maximum absolute atomic E-state index is 13.0. The smallest absolute Gasteiger partial charge is 0.329 e. The molecule has 20 heavy (non-hydrogen) atoms. The Morgan fingerprint density at radius 3 is 2.40 bits per heavy atom. The van der Waals surface area contributed by atoms with Gasteiger partial charge < -0.3 is 5.73 Å². The molecular formula is C11H14BrF3N2O2S. The minimum Gasteiger partial charge on any atom is -0.329 e. The van der Waals surface area contributed by atoms with Crippen molar-refractivity contribution >= 4 is 26.0 Å². The molecule has 1 aromatic carbocycles. The van der Waals surface area contributed by atoms with Crippen LogP contribution in [0.3, 0.4) is 0 Å². The van der Waals surface area contributed by atoms with Crippen LogP contribution in [0.2, 0.25) is 0 Å². The topological polar surface area (TPSA) is 63.4 Å². The van der Waals surface area contributed by atoms with Gasteiger partial charge in [0.25, 0.3) is 0 Å². The lowest BCUT2D eigenvalue weighted by molar-refractivity contribution is -0.140. The molecule has 0 amide bonds. The van der Waals surface area contributed by atoms with Crippen molar-refractivity contribution in [1.82, 2.24) is 4.31 Å². The number of hydrogen-bond acceptors (Lipinski definition) is 3. The fraction of sp³-hybridized carbons (Fsp3) is 0.455. The Morgan fingerprint density at radius 1 is 1.40 bits per heavy atom. The first-order valence-electron chi connectivity index (χ1n) is 5.56. The summed E-state index contributed by atoms with van der Waals surface area (Å²) in [7, 11) is -3.06. The lowest BCUT2D eigenvalue weighted by Gasteiger charge is -2.24. The van der Waals surface area contributed by atoms with Gasteiger partial charge in [-0.1, -0.05) is 15.9 Å². The Kier molecular flexibility index (Phi) is 5.23. The van der Waals surface area contributed by atoms with E-state index >= 15 is 0 Å². The first kappa shape index (κ1) is 17.4. The third kappa shape index (κ3) is 3.51. The highest BCUT2D eigenvalue weighted by Gasteiger charge is 2.39. The molecule has 1 aromatic rings. The van der Waals surface area contributed by atoms with E-state index in [1.165, 1.54) is 20.0 Å². The predicted molar refractivity (Wildman–Crippen MR) is 72.6 cm³/mol. The molecule has 0 radical (unpaired) electrons. The maximum atomic E-state index is 13.0. The normalized spacial score (nSPS) is 14.6. The SMILES string of the molecule is CC(CN)N(C)S(=O)(=O)c1ccc(Br)cc1C(F)(F)F. The summed E-state index contributed by atoms with van der Waals surface area (Å²) in [4.78, 5) is -0.781. The van der Waals surface area contributed by atoms with Crippen LogP contribution in [0.4, 0.5) is 13.2 Å². The maximum Gasteiger partial charge on any atom is 0.417 e. The van der Waals surface area contributed by atoms with E-state index in [2.05, 4.69) is 15.9 Å². The van der Waals surface area contributed by atoms with Gasteiger partial charge in [-0.3, -0.25) is 0 Å². The second-order valence-corrected chi connectivity index (χ2v) is 7.13. The summed E-state index contributed by atoms with van der Waals surface area (Å²) < 4.78 is 64.5. The summed E-state index contributed by atoms with van der Waals surface area (Å²) in [5, 5.41) is 0. The number of rotatable bonds is 4. The Labute approximate surface area is 123 Å². The molecule has 2 N–H and O–H groups in total. The number of hydrogen-bond donors (Lipinski definition) is 1. The summed E-state index contributed by atoms with van der Waals surface area (Å²) in [6.07, 6.45) is -4.76. The summed E-state index contributed by atoms with van der Waals surface area (Å²) in [5.41, 5.74) is 4.15. The van der Waals surface area contributed by atoms with Gasteiger partial charge in [0.05, 0.1) is 10.5 Å². The van der Waals surface area contributed by atoms with E-state index in [0.717, 1.165) is 16.4 Å². The molecule has 0 aromatic heterocycles. The minimum atomic E-state index is -4.76. The van der Waals surface area contributed by atoms with Crippen LogP contribution in [-0.4, -0.2) is 32.4 Å². The summed E-state index contributed by atoms with van der Waals surface area (Å²) in [5.74, 6) is 0. The highest BCUT2D eigenvalue weighted by atomic mass is 79.9. The largest absolute Gasteiger partial charge is 0.417 e. The highest BCUT2D eigenvalue weighted by molar-refractivity contribution is 9.10. The fourth-order valence-electron chi connectivity index (χ4n) is 1.49. The third-order valence-electron chi connectivity index (χ3n) is 2.87. The zero-order chi connectivity index (χ0) is 15.7. The van der Waals surface area contributed by atoms with Crippen LogP contribution in [-0.2, 0) is 16.2 Å². The second kappa shape index (κ2) is 6.00. The van der Waals surface area contributed by atoms with Crippen molar-refractivity contribution in [3.05, 3.63) is 28.2 Å². The van der Waals surface area contributed by atoms with Crippen molar-refractivity contribution in [3.8, 4) is 0 Å². The van der Waals surface area contributed by atoms with Gasteiger partial charge in [-0.05, 0) is 25.1 Å². The number of halogens is 4. The number of nitrogens with two attached hydrogens (primary N) is 1. The van der Waals surface area contributed by atoms with E-state index in [1.54, 1.807) is 0 Å². The third-order valence-corrected chi connectivity index (χ3v) is 5.39. The summed E-state index contributed by atoms with van der Waals surface area (Å²) in [6, 6.07) is 2.32. The lowest BCUT2D eigenvalue weighted by atomic mass is 10.2. The molecule has 4 nitrogen and oxygen atoms in total. The monoisotopic (exact) mass is 374 g/mol. The number of sulfonamides is 1. The lowest BCUT2D eigenvalue weighted by Crippen LogP contribution is -2.40. The molecule has 0 aliphatic rings. The van der Waals surface area contributed by atoms with Crippen LogP contribution in [0.25, 0.3) is 0 Å². The molecule has 1 rings (SSSR count). The van der Waals surface area contributed by atoms with Crippen LogP contribution in [0, 0.1) is 0 Å². The number of likely N-dealkylation sites (N-methyl/N-ethyl adjacent to an activating group) is 1. The molecule has 0 saturated heterocycles. The quantitative estimate of drug-likeness (QED) is 0.880. The average Bonchev–Trinajstić information content (AvgIpc) is 2.35. The van der Waals surface area contributed by atoms with Crippen LogP contribution >= 0.6 is 15.9 Å². The highest BCUT2D eigenvalue weighted by Crippen LogP contribution is 2.36. The number of nitrogens with zero attached hydrogens (tertiary/aromatic N) is 1. The number of benzene rings is 1. The van der Waals surface area contributed by atoms with Crippen molar-refractivity contribution < 1.29 is 21.6 Å². The van der Waals surface area contributed by atoms with Gasteiger partial charge in [-0.15, -0.1) is 0 Å². The predicted octanol–water partition coefficient (Wildman–Crippen LogP) is 2.44. The zero-order valence-electron chi connectivity index (χ0n) is 10.8. The molecule has 0 bridgehead atoms. The van der Waals surface area contributed by atoms with Crippen LogP contribution < -0.4 is 5.73 Å². The molecule has 0 fully saturated rings. The molecule has 1 unspecified atom stereocenters. The van der Waals surface area contributed by atoms with E-state index in [9.17, 15) is 21.6 Å². The van der Waals surface area contributed by atoms with Crippen molar-refractivity contribution in [2.45, 2.75) is 24.0 Å². The van der Waals surface area contributed by atoms with Gasteiger partial charge in [-0.2, -0.15) is 17.5 Å². The van der Waals surface area contributed by atoms with Gasteiger partial charge in [0.15, 0.2) is 0 Å². The van der Waals surface area contributed by atoms with Crippen molar-refractivity contribution in [3.63, 3.8) is 0 Å². The Morgan fingerprint density at radius 2 is 1.95 bits per heavy atom. The second-order valence-electron chi connectivity index (χ2n) is 4.24. The number of alkyl halides is 3. The van der Waals surface area contributed by atoms with Gasteiger partial charge >= 0.3 is 6.18 Å². The van der Waals surface area contributed by atoms with Crippen LogP contribution in [0.5, 0.6) is 0 Å². The summed E-state index contributed by atoms with van der Waals surface area (Å²) >= 11 is 2.91. The minimum absolute atomic E-state index is 0.00755. The van der Waals surface area contributed by atoms with Crippen molar-refractivity contribution in [2.75, 3.05) is 13.6 Å². The molecule has 0 aliphatic carbocycles. The van der Waals surface area contributed by atoms with Crippen LogP contribution in [0.15, 0.2) is 27.6 Å². The van der Waals surface area contributed by atoms with Gasteiger partial charge in [0.2, 0.25) is 10.0 Å². The van der Waals surface area contributed by atoms with Crippen molar-refractivity contribution in [2.24, 2.45) is 5.73 Å². The summed E-state index contributed by atoms with van der Waals surface area (Å²) in [6.45, 7) is 1.53. The molecule has 1 atom stereocenters. The van der Waals surface area contributed by atoms with E-state index in [0.29, 0.717) is 0 Å². The van der Waals surface area contributed by atoms with Gasteiger partial charge in [0.1, 0.15) is 0 Å². The molecule has 0 aliphatic heterocycles. The molecule has 9 heteroatoms. The van der Waals surface area contributed by atoms with E-state index in [-0.39, 0.29) is 11.0 Å². The molecule has 0 heterocycles. The Hall–Kier alpha value is -0.640. The molecule has 0 spiro atoms. The van der Waals surface area contributed by atoms with E-state index in [4.69, 9.17) is 5.73 Å². The van der Waals surface area contributed by atoms with E-state index < -0.39 is 32.7 Å². The molecular weight excluding hydrogens is 361 g/mol. The molecule has 0 saturated carbocycles. The first-order valence-corrected chi connectivity index (χ1v) is 7.80.